The quantitative estimate of drug-likeness (QED) is 0.268. The van der Waals surface area contributed by atoms with Crippen LogP contribution in [0.3, 0.4) is 0 Å². The second-order valence-corrected chi connectivity index (χ2v) is 10.3. The molecule has 9 heteroatoms. The van der Waals surface area contributed by atoms with E-state index < -0.39 is 41.7 Å². The van der Waals surface area contributed by atoms with Gasteiger partial charge < -0.3 is 9.84 Å². The van der Waals surface area contributed by atoms with E-state index in [1.54, 1.807) is 0 Å². The van der Waals surface area contributed by atoms with Gasteiger partial charge in [-0.3, -0.25) is 9.78 Å². The van der Waals surface area contributed by atoms with Gasteiger partial charge in [-0.05, 0) is 60.2 Å². The van der Waals surface area contributed by atoms with Crippen molar-refractivity contribution in [3.63, 3.8) is 0 Å². The third-order valence-corrected chi connectivity index (χ3v) is 7.86. The zero-order valence-electron chi connectivity index (χ0n) is 21.3. The number of carbonyl (C=O) groups excluding carboxylic acids is 1. The molecule has 1 N–H and O–H groups in total. The van der Waals surface area contributed by atoms with Gasteiger partial charge in [-0.15, -0.1) is 0 Å². The Morgan fingerprint density at radius 2 is 1.69 bits per heavy atom. The van der Waals surface area contributed by atoms with Gasteiger partial charge in [0.25, 0.3) is 0 Å². The first kappa shape index (κ1) is 27.2. The van der Waals surface area contributed by atoms with E-state index in [-0.39, 0.29) is 29.9 Å². The number of methoxy groups -OCH3 is 1. The van der Waals surface area contributed by atoms with Gasteiger partial charge in [0.05, 0.1) is 30.4 Å². The molecule has 1 heterocycles. The van der Waals surface area contributed by atoms with Crippen molar-refractivity contribution in [1.29, 1.82) is 0 Å². The molecule has 206 valence electrons. The predicted molar refractivity (Wildman–Crippen MR) is 134 cm³/mol. The third kappa shape index (κ3) is 5.29. The average molecular weight is 546 g/mol. The molecule has 0 spiro atoms. The summed E-state index contributed by atoms with van der Waals surface area (Å²) >= 11 is 0. The highest BCUT2D eigenvalue weighted by Gasteiger charge is 2.39. The Kier molecular flexibility index (Phi) is 7.46. The summed E-state index contributed by atoms with van der Waals surface area (Å²) in [5.41, 5.74) is 1.38. The number of fused-ring (bicyclic) bond motifs is 1. The second-order valence-electron chi connectivity index (χ2n) is 10.3. The zero-order chi connectivity index (χ0) is 27.9. The molecule has 4 nitrogen and oxygen atoms in total. The normalized spacial score (nSPS) is 20.5. The van der Waals surface area contributed by atoms with Crippen molar-refractivity contribution in [1.82, 2.24) is 4.98 Å². The number of nitrogens with zero attached hydrogens (tertiary/aromatic N) is 1. The van der Waals surface area contributed by atoms with Crippen LogP contribution in [-0.4, -0.2) is 23.2 Å². The van der Waals surface area contributed by atoms with E-state index in [1.165, 1.54) is 31.4 Å². The van der Waals surface area contributed by atoms with E-state index in [1.807, 2.05) is 0 Å². The molecule has 0 saturated heterocycles. The van der Waals surface area contributed by atoms with E-state index in [0.29, 0.717) is 28.1 Å². The van der Waals surface area contributed by atoms with Crippen LogP contribution in [0.2, 0.25) is 0 Å². The Bertz CT molecular complexity index is 1350. The summed E-state index contributed by atoms with van der Waals surface area (Å²) in [6.07, 6.45) is -4.04. The van der Waals surface area contributed by atoms with Crippen molar-refractivity contribution in [3.05, 3.63) is 88.0 Å². The maximum atomic E-state index is 16.6. The summed E-state index contributed by atoms with van der Waals surface area (Å²) in [5, 5.41) is 11.3. The first-order chi connectivity index (χ1) is 18.6. The number of ether oxygens (including phenoxy) is 1. The standard InChI is InChI=1S/C30H28F5NO3/c1-39-29(38)19-14-22-25(23(37)15-19)24(16-8-12-21(31)13-9-16)26(28(36-22)18-4-2-3-5-18)27(32)17-6-10-20(11-7-17)30(33,34)35/h6-13,18-19,23,27,37H,2-5,14-15H2,1H3. The van der Waals surface area contributed by atoms with Crippen LogP contribution in [0, 0.1) is 11.7 Å². The fourth-order valence-corrected chi connectivity index (χ4v) is 5.95. The van der Waals surface area contributed by atoms with Crippen LogP contribution >= 0.6 is 0 Å². The molecule has 39 heavy (non-hydrogen) atoms. The zero-order valence-corrected chi connectivity index (χ0v) is 21.3. The number of hydrogen-bond donors (Lipinski definition) is 1. The van der Waals surface area contributed by atoms with Crippen molar-refractivity contribution >= 4 is 5.97 Å². The van der Waals surface area contributed by atoms with Gasteiger partial charge in [0, 0.05) is 29.2 Å². The third-order valence-electron chi connectivity index (χ3n) is 7.86. The topological polar surface area (TPSA) is 59.4 Å². The smallest absolute Gasteiger partial charge is 0.416 e. The molecule has 2 aliphatic carbocycles. The average Bonchev–Trinajstić information content (AvgIpc) is 3.46. The Morgan fingerprint density at radius 3 is 2.28 bits per heavy atom. The first-order valence-corrected chi connectivity index (χ1v) is 13.0. The number of pyridine rings is 1. The van der Waals surface area contributed by atoms with Crippen molar-refractivity contribution in [2.45, 2.75) is 62.9 Å². The number of carbonyl (C=O) groups is 1. The van der Waals surface area contributed by atoms with Gasteiger partial charge in [-0.25, -0.2) is 8.78 Å². The van der Waals surface area contributed by atoms with Crippen molar-refractivity contribution in [2.75, 3.05) is 7.11 Å². The Hall–Kier alpha value is -3.33. The number of hydrogen-bond acceptors (Lipinski definition) is 4. The van der Waals surface area contributed by atoms with Crippen molar-refractivity contribution < 1.29 is 36.6 Å². The lowest BCUT2D eigenvalue weighted by Crippen LogP contribution is -2.29. The molecule has 3 aromatic rings. The molecule has 0 aliphatic heterocycles. The van der Waals surface area contributed by atoms with Crippen LogP contribution in [0.25, 0.3) is 11.1 Å². The molecule has 1 saturated carbocycles. The molecule has 2 aromatic carbocycles. The van der Waals surface area contributed by atoms with E-state index >= 15 is 4.39 Å². The van der Waals surface area contributed by atoms with Crippen LogP contribution in [0.15, 0.2) is 48.5 Å². The van der Waals surface area contributed by atoms with Crippen molar-refractivity contribution in [3.8, 4) is 11.1 Å². The number of aliphatic hydroxyl groups excluding tert-OH is 1. The summed E-state index contributed by atoms with van der Waals surface area (Å²) in [6.45, 7) is 0. The monoisotopic (exact) mass is 545 g/mol. The highest BCUT2D eigenvalue weighted by atomic mass is 19.4. The van der Waals surface area contributed by atoms with Crippen LogP contribution in [0.1, 0.15) is 83.9 Å². The maximum absolute atomic E-state index is 16.6. The fourth-order valence-electron chi connectivity index (χ4n) is 5.95. The Labute approximate surface area is 222 Å². The van der Waals surface area contributed by atoms with Gasteiger partial charge in [0.15, 0.2) is 6.17 Å². The summed E-state index contributed by atoms with van der Waals surface area (Å²) in [4.78, 5) is 17.2. The van der Waals surface area contributed by atoms with Crippen LogP contribution in [0.4, 0.5) is 22.0 Å². The molecular weight excluding hydrogens is 517 g/mol. The molecule has 3 atom stereocenters. The molecule has 5 rings (SSSR count). The fraction of sp³-hybridized carbons (Fsp3) is 0.400. The van der Waals surface area contributed by atoms with Gasteiger partial charge in [0.2, 0.25) is 0 Å². The van der Waals surface area contributed by atoms with Crippen LogP contribution in [-0.2, 0) is 22.1 Å². The van der Waals surface area contributed by atoms with Crippen molar-refractivity contribution in [2.24, 2.45) is 5.92 Å². The SMILES string of the molecule is COC(=O)C1Cc2nc(C3CCCC3)c(C(F)c3ccc(C(F)(F)F)cc3)c(-c3ccc(F)cc3)c2C(O)C1. The van der Waals surface area contributed by atoms with Crippen LogP contribution in [0.5, 0.6) is 0 Å². The summed E-state index contributed by atoms with van der Waals surface area (Å²) in [6, 6.07) is 9.37. The lowest BCUT2D eigenvalue weighted by Gasteiger charge is -2.32. The van der Waals surface area contributed by atoms with Gasteiger partial charge in [-0.2, -0.15) is 13.2 Å². The Balaban J connectivity index is 1.75. The molecule has 0 bridgehead atoms. The minimum Gasteiger partial charge on any atom is -0.469 e. The highest BCUT2D eigenvalue weighted by molar-refractivity contribution is 5.77. The first-order valence-electron chi connectivity index (χ1n) is 13.0. The highest BCUT2D eigenvalue weighted by Crippen LogP contribution is 2.49. The molecule has 0 amide bonds. The number of aliphatic hydroxyl groups is 1. The molecule has 0 radical (unpaired) electrons. The maximum Gasteiger partial charge on any atom is 0.416 e. The number of aromatic nitrogens is 1. The largest absolute Gasteiger partial charge is 0.469 e. The van der Waals surface area contributed by atoms with E-state index in [9.17, 15) is 27.5 Å². The lowest BCUT2D eigenvalue weighted by molar-refractivity contribution is -0.147. The van der Waals surface area contributed by atoms with E-state index in [4.69, 9.17) is 9.72 Å². The molecule has 1 aromatic heterocycles. The predicted octanol–water partition coefficient (Wildman–Crippen LogP) is 7.39. The van der Waals surface area contributed by atoms with Gasteiger partial charge in [-0.1, -0.05) is 37.1 Å². The molecule has 1 fully saturated rings. The second kappa shape index (κ2) is 10.7. The van der Waals surface area contributed by atoms with E-state index in [2.05, 4.69) is 0 Å². The van der Waals surface area contributed by atoms with E-state index in [0.717, 1.165) is 49.9 Å². The minimum absolute atomic E-state index is 0.0186. The van der Waals surface area contributed by atoms with Gasteiger partial charge >= 0.3 is 12.1 Å². The summed E-state index contributed by atoms with van der Waals surface area (Å²) in [7, 11) is 1.27. The number of alkyl halides is 4. The summed E-state index contributed by atoms with van der Waals surface area (Å²) < 4.78 is 75.0. The Morgan fingerprint density at radius 1 is 1.05 bits per heavy atom. The summed E-state index contributed by atoms with van der Waals surface area (Å²) in [5.74, 6) is -1.72. The number of esters is 1. The number of benzene rings is 2. The molecule has 2 aliphatic rings. The lowest BCUT2D eigenvalue weighted by atomic mass is 9.77. The number of rotatable bonds is 5. The molecular formula is C30H28F5NO3. The van der Waals surface area contributed by atoms with Gasteiger partial charge in [0.1, 0.15) is 5.82 Å². The minimum atomic E-state index is -4.56. The molecule has 3 unspecified atom stereocenters. The number of halogens is 5. The van der Waals surface area contributed by atoms with Crippen LogP contribution < -0.4 is 0 Å².